The number of aryl methyl sites for hydroxylation is 1. The lowest BCUT2D eigenvalue weighted by molar-refractivity contribution is -0.144. The highest BCUT2D eigenvalue weighted by Crippen LogP contribution is 2.40. The van der Waals surface area contributed by atoms with Crippen molar-refractivity contribution in [1.29, 1.82) is 0 Å². The van der Waals surface area contributed by atoms with Crippen LogP contribution < -0.4 is 5.32 Å². The first-order valence-corrected chi connectivity index (χ1v) is 11.2. The van der Waals surface area contributed by atoms with E-state index in [1.165, 1.54) is 4.90 Å². The molecule has 3 heterocycles. The van der Waals surface area contributed by atoms with E-state index in [2.05, 4.69) is 20.6 Å². The zero-order valence-corrected chi connectivity index (χ0v) is 19.1. The number of likely N-dealkylation sites (tertiary alicyclic amines) is 1. The lowest BCUT2D eigenvalue weighted by Gasteiger charge is -2.34. The number of nitrogens with zero attached hydrogens (tertiary/aromatic N) is 5. The lowest BCUT2D eigenvalue weighted by Crippen LogP contribution is -2.50. The zero-order valence-electron chi connectivity index (χ0n) is 19.1. The second kappa shape index (κ2) is 8.65. The standard InChI is InChI=1S/C22H32N6O4/c1-13-24-10-16(32-13)7-8-23-20(30)18-9-15(29)11-27(18)21(31)19(22(2,3)4)28-12-17(25-26-28)14-5-6-14/h10,12,14-15,18-19,29H,5-9,11H2,1-4H3,(H,23,30)/t15?,18?,19-/m1/s1. The van der Waals surface area contributed by atoms with Gasteiger partial charge in [-0.15, -0.1) is 5.10 Å². The van der Waals surface area contributed by atoms with Gasteiger partial charge in [0.05, 0.1) is 18.0 Å². The van der Waals surface area contributed by atoms with Gasteiger partial charge < -0.3 is 19.7 Å². The molecule has 2 amide bonds. The minimum Gasteiger partial charge on any atom is -0.446 e. The molecule has 0 bridgehead atoms. The van der Waals surface area contributed by atoms with E-state index in [-0.39, 0.29) is 24.8 Å². The Kier molecular flexibility index (Phi) is 6.07. The number of hydrogen-bond acceptors (Lipinski definition) is 7. The molecule has 10 nitrogen and oxygen atoms in total. The van der Waals surface area contributed by atoms with Gasteiger partial charge in [0, 0.05) is 45.0 Å². The number of aromatic nitrogens is 4. The predicted octanol–water partition coefficient (Wildman–Crippen LogP) is 1.36. The van der Waals surface area contributed by atoms with Crippen LogP contribution in [0, 0.1) is 12.3 Å². The number of hydrogen-bond donors (Lipinski definition) is 2. The van der Waals surface area contributed by atoms with E-state index < -0.39 is 23.6 Å². The van der Waals surface area contributed by atoms with Crippen LogP contribution in [-0.4, -0.2) is 67.0 Å². The fraction of sp³-hybridized carbons (Fsp3) is 0.682. The van der Waals surface area contributed by atoms with Gasteiger partial charge in [0.15, 0.2) is 5.89 Å². The molecule has 2 unspecified atom stereocenters. The number of aliphatic hydroxyl groups is 1. The van der Waals surface area contributed by atoms with Crippen LogP contribution in [0.4, 0.5) is 0 Å². The first-order chi connectivity index (χ1) is 15.1. The number of oxazole rings is 1. The molecule has 0 aromatic carbocycles. The Hall–Kier alpha value is -2.75. The Morgan fingerprint density at radius 3 is 2.72 bits per heavy atom. The number of β-amino-alcohol motifs (C(OH)–C–C–N with tert-alkyl or cyclic N) is 1. The van der Waals surface area contributed by atoms with Crippen LogP contribution in [0.15, 0.2) is 16.8 Å². The molecule has 1 saturated carbocycles. The highest BCUT2D eigenvalue weighted by Gasteiger charge is 2.45. The largest absolute Gasteiger partial charge is 0.446 e. The Balaban J connectivity index is 1.46. The quantitative estimate of drug-likeness (QED) is 0.660. The molecule has 32 heavy (non-hydrogen) atoms. The van der Waals surface area contributed by atoms with Crippen molar-refractivity contribution in [3.63, 3.8) is 0 Å². The summed E-state index contributed by atoms with van der Waals surface area (Å²) in [7, 11) is 0. The average Bonchev–Trinajstić information content (AvgIpc) is 3.10. The number of rotatable bonds is 7. The summed E-state index contributed by atoms with van der Waals surface area (Å²) in [5.41, 5.74) is 0.454. The maximum atomic E-state index is 13.7. The molecule has 1 saturated heterocycles. The van der Waals surface area contributed by atoms with E-state index in [0.29, 0.717) is 30.5 Å². The van der Waals surface area contributed by atoms with Crippen LogP contribution in [0.5, 0.6) is 0 Å². The smallest absolute Gasteiger partial charge is 0.248 e. The molecule has 2 fully saturated rings. The van der Waals surface area contributed by atoms with E-state index in [1.54, 1.807) is 17.8 Å². The zero-order chi connectivity index (χ0) is 23.0. The molecule has 3 atom stereocenters. The maximum Gasteiger partial charge on any atom is 0.248 e. The van der Waals surface area contributed by atoms with Gasteiger partial charge in [-0.05, 0) is 18.3 Å². The van der Waals surface area contributed by atoms with Gasteiger partial charge in [0.1, 0.15) is 17.8 Å². The summed E-state index contributed by atoms with van der Waals surface area (Å²) in [4.78, 5) is 32.1. The summed E-state index contributed by atoms with van der Waals surface area (Å²) in [6.45, 7) is 8.15. The number of carbonyl (C=O) groups excluding carboxylic acids is 2. The Morgan fingerprint density at radius 1 is 1.34 bits per heavy atom. The van der Waals surface area contributed by atoms with Gasteiger partial charge in [0.25, 0.3) is 0 Å². The van der Waals surface area contributed by atoms with Crippen molar-refractivity contribution in [2.45, 2.75) is 77.5 Å². The van der Waals surface area contributed by atoms with Crippen molar-refractivity contribution in [1.82, 2.24) is 30.2 Å². The van der Waals surface area contributed by atoms with Gasteiger partial charge in [0.2, 0.25) is 11.8 Å². The van der Waals surface area contributed by atoms with Gasteiger partial charge in [-0.3, -0.25) is 9.59 Å². The van der Waals surface area contributed by atoms with Gasteiger partial charge in [-0.1, -0.05) is 26.0 Å². The van der Waals surface area contributed by atoms with Crippen LogP contribution in [0.25, 0.3) is 0 Å². The molecule has 1 aliphatic carbocycles. The molecular formula is C22H32N6O4. The molecule has 1 aliphatic heterocycles. The summed E-state index contributed by atoms with van der Waals surface area (Å²) in [6.07, 6.45) is 5.65. The fourth-order valence-electron chi connectivity index (χ4n) is 4.27. The molecule has 2 aromatic heterocycles. The Morgan fingerprint density at radius 2 is 2.09 bits per heavy atom. The molecule has 2 N–H and O–H groups in total. The molecule has 4 rings (SSSR count). The predicted molar refractivity (Wildman–Crippen MR) is 115 cm³/mol. The summed E-state index contributed by atoms with van der Waals surface area (Å²) in [5.74, 6) is 1.18. The minimum atomic E-state index is -0.745. The average molecular weight is 445 g/mol. The monoisotopic (exact) mass is 444 g/mol. The van der Waals surface area contributed by atoms with Crippen molar-refractivity contribution in [2.24, 2.45) is 5.41 Å². The number of aliphatic hydroxyl groups excluding tert-OH is 1. The maximum absolute atomic E-state index is 13.7. The lowest BCUT2D eigenvalue weighted by atomic mass is 9.85. The highest BCUT2D eigenvalue weighted by atomic mass is 16.4. The first kappa shape index (κ1) is 22.4. The van der Waals surface area contributed by atoms with Crippen LogP contribution in [-0.2, 0) is 16.0 Å². The van der Waals surface area contributed by atoms with Crippen LogP contribution in [0.2, 0.25) is 0 Å². The number of carbonyl (C=O) groups is 2. The molecule has 2 aromatic rings. The molecule has 10 heteroatoms. The van der Waals surface area contributed by atoms with Crippen LogP contribution >= 0.6 is 0 Å². The summed E-state index contributed by atoms with van der Waals surface area (Å²) < 4.78 is 7.05. The SMILES string of the molecule is Cc1ncc(CCNC(=O)C2CC(O)CN2C(=O)[C@@H](n2cc(C3CC3)nn2)C(C)(C)C)o1. The van der Waals surface area contributed by atoms with E-state index in [4.69, 9.17) is 4.42 Å². The molecule has 0 radical (unpaired) electrons. The van der Waals surface area contributed by atoms with Crippen molar-refractivity contribution >= 4 is 11.8 Å². The second-order valence-corrected chi connectivity index (χ2v) is 9.95. The first-order valence-electron chi connectivity index (χ1n) is 11.2. The third kappa shape index (κ3) is 4.85. The third-order valence-corrected chi connectivity index (χ3v) is 6.05. The van der Waals surface area contributed by atoms with Crippen LogP contribution in [0.3, 0.4) is 0 Å². The normalized spacial score (nSPS) is 22.2. The Labute approximate surface area is 187 Å². The van der Waals surface area contributed by atoms with Crippen molar-refractivity contribution in [3.05, 3.63) is 29.7 Å². The van der Waals surface area contributed by atoms with Crippen molar-refractivity contribution in [3.8, 4) is 0 Å². The summed E-state index contributed by atoms with van der Waals surface area (Å²) in [5, 5.41) is 21.7. The van der Waals surface area contributed by atoms with Crippen LogP contribution in [0.1, 0.15) is 69.3 Å². The number of amides is 2. The van der Waals surface area contributed by atoms with E-state index in [0.717, 1.165) is 18.5 Å². The summed E-state index contributed by atoms with van der Waals surface area (Å²) >= 11 is 0. The highest BCUT2D eigenvalue weighted by molar-refractivity contribution is 5.90. The Bertz CT molecular complexity index is 973. The summed E-state index contributed by atoms with van der Waals surface area (Å²) in [6, 6.07) is -1.36. The van der Waals surface area contributed by atoms with E-state index in [9.17, 15) is 14.7 Å². The van der Waals surface area contributed by atoms with E-state index >= 15 is 0 Å². The van der Waals surface area contributed by atoms with E-state index in [1.807, 2.05) is 27.0 Å². The molecular weight excluding hydrogens is 412 g/mol. The molecule has 2 aliphatic rings. The van der Waals surface area contributed by atoms with Crippen molar-refractivity contribution in [2.75, 3.05) is 13.1 Å². The van der Waals surface area contributed by atoms with Crippen molar-refractivity contribution < 1.29 is 19.1 Å². The molecule has 174 valence electrons. The fourth-order valence-corrected chi connectivity index (χ4v) is 4.27. The third-order valence-electron chi connectivity index (χ3n) is 6.05. The van der Waals surface area contributed by atoms with Gasteiger partial charge >= 0.3 is 0 Å². The van der Waals surface area contributed by atoms with Gasteiger partial charge in [-0.25, -0.2) is 9.67 Å². The topological polar surface area (TPSA) is 126 Å². The second-order valence-electron chi connectivity index (χ2n) is 9.95. The van der Waals surface area contributed by atoms with Gasteiger partial charge in [-0.2, -0.15) is 0 Å². The number of nitrogens with one attached hydrogen (secondary N) is 1. The molecule has 0 spiro atoms. The minimum absolute atomic E-state index is 0.120.